The molecule has 30 heavy (non-hydrogen) atoms. The number of halogens is 1. The van der Waals surface area contributed by atoms with Gasteiger partial charge in [-0.05, 0) is 72.1 Å². The summed E-state index contributed by atoms with van der Waals surface area (Å²) in [5.41, 5.74) is 5.76. The second-order valence-corrected chi connectivity index (χ2v) is 6.86. The van der Waals surface area contributed by atoms with E-state index in [1.54, 1.807) is 18.3 Å². The minimum Gasteiger partial charge on any atom is -0.505 e. The van der Waals surface area contributed by atoms with Crippen LogP contribution in [0.3, 0.4) is 0 Å². The number of aromatic amines is 1. The predicted octanol–water partition coefficient (Wildman–Crippen LogP) is 4.78. The molecule has 2 heterocycles. The number of nitriles is 1. The third-order valence-corrected chi connectivity index (χ3v) is 4.77. The third kappa shape index (κ3) is 3.98. The maximum absolute atomic E-state index is 13.2. The fourth-order valence-corrected chi connectivity index (χ4v) is 3.21. The molecule has 0 aliphatic carbocycles. The van der Waals surface area contributed by atoms with Crippen LogP contribution in [-0.4, -0.2) is 20.3 Å². The molecule has 7 heteroatoms. The van der Waals surface area contributed by atoms with Crippen molar-refractivity contribution in [2.75, 3.05) is 5.32 Å². The molecule has 0 aliphatic rings. The quantitative estimate of drug-likeness (QED) is 0.449. The van der Waals surface area contributed by atoms with Gasteiger partial charge < -0.3 is 10.4 Å². The van der Waals surface area contributed by atoms with Gasteiger partial charge in [0.05, 0.1) is 29.6 Å². The van der Waals surface area contributed by atoms with Gasteiger partial charge in [-0.1, -0.05) is 6.07 Å². The highest BCUT2D eigenvalue weighted by molar-refractivity contribution is 5.70. The van der Waals surface area contributed by atoms with Crippen LogP contribution < -0.4 is 5.32 Å². The Balaban J connectivity index is 1.49. The van der Waals surface area contributed by atoms with E-state index in [9.17, 15) is 9.50 Å². The summed E-state index contributed by atoms with van der Waals surface area (Å²) in [6.45, 7) is 2.41. The predicted molar refractivity (Wildman–Crippen MR) is 112 cm³/mol. The van der Waals surface area contributed by atoms with Crippen molar-refractivity contribution in [1.29, 1.82) is 5.26 Å². The SMILES string of the molecule is Cc1cc(C#N)ccc1-c1ccnc(NCc2cc(-c3ccc(F)c(O)c3)[nH]n2)c1. The van der Waals surface area contributed by atoms with Crippen LogP contribution in [0, 0.1) is 24.1 Å². The molecule has 4 aromatic rings. The molecular formula is C23H18FN5O. The molecule has 0 unspecified atom stereocenters. The molecule has 2 aromatic heterocycles. The summed E-state index contributed by atoms with van der Waals surface area (Å²) in [6.07, 6.45) is 1.73. The number of hydrogen-bond donors (Lipinski definition) is 3. The summed E-state index contributed by atoms with van der Waals surface area (Å²) in [5, 5.41) is 29.0. The smallest absolute Gasteiger partial charge is 0.164 e. The number of nitrogens with zero attached hydrogens (tertiary/aromatic N) is 3. The van der Waals surface area contributed by atoms with E-state index in [-0.39, 0.29) is 0 Å². The Morgan fingerprint density at radius 2 is 1.97 bits per heavy atom. The standard InChI is InChI=1S/C23H18FN5O/c1-14-8-15(12-25)2-4-19(14)16-6-7-26-23(10-16)27-13-18-11-21(29-28-18)17-3-5-20(24)22(30)9-17/h2-11,30H,13H2,1H3,(H,26,27)(H,28,29). The van der Waals surface area contributed by atoms with Gasteiger partial charge in [0.2, 0.25) is 0 Å². The summed E-state index contributed by atoms with van der Waals surface area (Å²) >= 11 is 0. The lowest BCUT2D eigenvalue weighted by Gasteiger charge is -2.09. The van der Waals surface area contributed by atoms with Crippen LogP contribution in [0.4, 0.5) is 10.2 Å². The molecule has 0 spiro atoms. The van der Waals surface area contributed by atoms with Crippen LogP contribution in [0.2, 0.25) is 0 Å². The first-order chi connectivity index (χ1) is 14.5. The van der Waals surface area contributed by atoms with Crippen LogP contribution in [-0.2, 0) is 6.54 Å². The summed E-state index contributed by atoms with van der Waals surface area (Å²) in [7, 11) is 0. The molecule has 2 aromatic carbocycles. The lowest BCUT2D eigenvalue weighted by atomic mass is 9.99. The van der Waals surface area contributed by atoms with Gasteiger partial charge in [0.1, 0.15) is 5.82 Å². The molecule has 148 valence electrons. The molecule has 0 fully saturated rings. The van der Waals surface area contributed by atoms with Gasteiger partial charge in [-0.3, -0.25) is 5.10 Å². The average Bonchev–Trinajstić information content (AvgIpc) is 3.23. The maximum atomic E-state index is 13.2. The van der Waals surface area contributed by atoms with E-state index < -0.39 is 11.6 Å². The number of aromatic nitrogens is 3. The second kappa shape index (κ2) is 8.05. The van der Waals surface area contributed by atoms with Crippen molar-refractivity contribution in [3.05, 3.63) is 83.4 Å². The minimum atomic E-state index is -0.663. The van der Waals surface area contributed by atoms with Gasteiger partial charge in [-0.25, -0.2) is 9.37 Å². The Hall–Kier alpha value is -4.18. The van der Waals surface area contributed by atoms with E-state index in [0.29, 0.717) is 29.2 Å². The molecule has 0 aliphatic heterocycles. The van der Waals surface area contributed by atoms with Gasteiger partial charge >= 0.3 is 0 Å². The largest absolute Gasteiger partial charge is 0.505 e. The van der Waals surface area contributed by atoms with Crippen LogP contribution in [0.25, 0.3) is 22.4 Å². The van der Waals surface area contributed by atoms with Crippen molar-refractivity contribution < 1.29 is 9.50 Å². The molecule has 4 rings (SSSR count). The zero-order valence-corrected chi connectivity index (χ0v) is 16.1. The number of H-pyrrole nitrogens is 1. The molecule has 6 nitrogen and oxygen atoms in total. The number of anilines is 1. The van der Waals surface area contributed by atoms with Crippen molar-refractivity contribution in [2.45, 2.75) is 13.5 Å². The number of hydrogen-bond acceptors (Lipinski definition) is 5. The number of rotatable bonds is 5. The molecular weight excluding hydrogens is 381 g/mol. The molecule has 0 bridgehead atoms. The lowest BCUT2D eigenvalue weighted by molar-refractivity contribution is 0.432. The van der Waals surface area contributed by atoms with Crippen molar-refractivity contribution in [3.8, 4) is 34.2 Å². The number of benzene rings is 2. The number of aromatic hydroxyl groups is 1. The Morgan fingerprint density at radius 3 is 2.73 bits per heavy atom. The summed E-state index contributed by atoms with van der Waals surface area (Å²) in [6, 6.07) is 17.6. The van der Waals surface area contributed by atoms with E-state index in [0.717, 1.165) is 22.4 Å². The van der Waals surface area contributed by atoms with Crippen molar-refractivity contribution in [3.63, 3.8) is 0 Å². The van der Waals surface area contributed by atoms with Gasteiger partial charge in [-0.15, -0.1) is 0 Å². The van der Waals surface area contributed by atoms with Gasteiger partial charge in [0, 0.05) is 11.8 Å². The second-order valence-electron chi connectivity index (χ2n) is 6.86. The van der Waals surface area contributed by atoms with E-state index in [1.807, 2.05) is 37.3 Å². The van der Waals surface area contributed by atoms with E-state index in [4.69, 9.17) is 5.26 Å². The van der Waals surface area contributed by atoms with E-state index >= 15 is 0 Å². The molecule has 3 N–H and O–H groups in total. The summed E-state index contributed by atoms with van der Waals surface area (Å²) in [4.78, 5) is 4.35. The first kappa shape index (κ1) is 19.2. The average molecular weight is 399 g/mol. The van der Waals surface area contributed by atoms with Crippen LogP contribution in [0.1, 0.15) is 16.8 Å². The number of phenols is 1. The first-order valence-electron chi connectivity index (χ1n) is 9.28. The molecule has 0 radical (unpaired) electrons. The Morgan fingerprint density at radius 1 is 1.10 bits per heavy atom. The van der Waals surface area contributed by atoms with Crippen LogP contribution >= 0.6 is 0 Å². The van der Waals surface area contributed by atoms with Crippen molar-refractivity contribution in [1.82, 2.24) is 15.2 Å². The zero-order valence-electron chi connectivity index (χ0n) is 16.1. The van der Waals surface area contributed by atoms with Crippen LogP contribution in [0.15, 0.2) is 60.8 Å². The lowest BCUT2D eigenvalue weighted by Crippen LogP contribution is -2.01. The minimum absolute atomic E-state index is 0.402. The van der Waals surface area contributed by atoms with Gasteiger partial charge in [0.15, 0.2) is 11.6 Å². The molecule has 0 amide bonds. The van der Waals surface area contributed by atoms with Gasteiger partial charge in [-0.2, -0.15) is 10.4 Å². The maximum Gasteiger partial charge on any atom is 0.164 e. The van der Waals surface area contributed by atoms with E-state index in [1.165, 1.54) is 12.1 Å². The monoisotopic (exact) mass is 399 g/mol. The first-order valence-corrected chi connectivity index (χ1v) is 9.28. The number of pyridine rings is 1. The molecule has 0 saturated carbocycles. The Labute approximate surface area is 172 Å². The highest BCUT2D eigenvalue weighted by Gasteiger charge is 2.08. The fourth-order valence-electron chi connectivity index (χ4n) is 3.21. The topological polar surface area (TPSA) is 97.6 Å². The van der Waals surface area contributed by atoms with Gasteiger partial charge in [0.25, 0.3) is 0 Å². The fraction of sp³-hybridized carbons (Fsp3) is 0.0870. The van der Waals surface area contributed by atoms with Crippen molar-refractivity contribution in [2.24, 2.45) is 0 Å². The number of nitrogens with one attached hydrogen (secondary N) is 2. The molecule has 0 saturated heterocycles. The number of aryl methyl sites for hydroxylation is 1. The van der Waals surface area contributed by atoms with Crippen molar-refractivity contribution >= 4 is 5.82 Å². The third-order valence-electron chi connectivity index (χ3n) is 4.77. The highest BCUT2D eigenvalue weighted by Crippen LogP contribution is 2.27. The number of phenolic OH excluding ortho intramolecular Hbond substituents is 1. The Kier molecular flexibility index (Phi) is 5.14. The Bertz CT molecular complexity index is 1260. The zero-order chi connectivity index (χ0) is 21.1. The molecule has 0 atom stereocenters. The van der Waals surface area contributed by atoms with Crippen LogP contribution in [0.5, 0.6) is 5.75 Å². The summed E-state index contributed by atoms with van der Waals surface area (Å²) in [5.74, 6) is -0.371. The summed E-state index contributed by atoms with van der Waals surface area (Å²) < 4.78 is 13.2. The van der Waals surface area contributed by atoms with E-state index in [2.05, 4.69) is 26.6 Å². The highest BCUT2D eigenvalue weighted by atomic mass is 19.1. The normalized spacial score (nSPS) is 10.6.